The molecule has 5 rings (SSSR count). The topological polar surface area (TPSA) is 87.6 Å². The third-order valence-corrected chi connectivity index (χ3v) is 6.59. The van der Waals surface area contributed by atoms with Crippen LogP contribution in [0.3, 0.4) is 0 Å². The molecule has 5 aromatic rings. The molecular formula is C33H28N2O5. The number of carbonyl (C=O) groups excluding carboxylic acids is 2. The van der Waals surface area contributed by atoms with Crippen LogP contribution in [0.5, 0.6) is 11.5 Å². The lowest BCUT2D eigenvalue weighted by atomic mass is 10.0. The van der Waals surface area contributed by atoms with Crippen molar-refractivity contribution in [2.45, 2.75) is 13.8 Å². The molecule has 0 spiro atoms. The number of carbonyl (C=O) groups is 2. The van der Waals surface area contributed by atoms with Gasteiger partial charge in [0, 0.05) is 16.7 Å². The summed E-state index contributed by atoms with van der Waals surface area (Å²) in [7, 11) is 3.00. The highest BCUT2D eigenvalue weighted by molar-refractivity contribution is 6.00. The lowest BCUT2D eigenvalue weighted by Crippen LogP contribution is -2.14. The smallest absolute Gasteiger partial charge is 0.338 e. The van der Waals surface area contributed by atoms with Crippen LogP contribution in [-0.2, 0) is 4.74 Å². The van der Waals surface area contributed by atoms with Crippen molar-refractivity contribution in [3.05, 3.63) is 107 Å². The van der Waals surface area contributed by atoms with E-state index >= 15 is 0 Å². The molecule has 0 aliphatic heterocycles. The van der Waals surface area contributed by atoms with Crippen LogP contribution in [0.25, 0.3) is 33.5 Å². The fraction of sp³-hybridized carbons (Fsp3) is 0.152. The van der Waals surface area contributed by atoms with Gasteiger partial charge in [0.1, 0.15) is 0 Å². The minimum absolute atomic E-state index is 0.278. The molecule has 0 unspecified atom stereocenters. The van der Waals surface area contributed by atoms with Gasteiger partial charge in [0.2, 0.25) is 0 Å². The number of aryl methyl sites for hydroxylation is 2. The number of ketones is 1. The van der Waals surface area contributed by atoms with Gasteiger partial charge in [0.05, 0.1) is 42.2 Å². The maximum Gasteiger partial charge on any atom is 0.338 e. The van der Waals surface area contributed by atoms with E-state index < -0.39 is 12.6 Å². The summed E-state index contributed by atoms with van der Waals surface area (Å²) >= 11 is 0. The second kappa shape index (κ2) is 11.4. The highest BCUT2D eigenvalue weighted by Crippen LogP contribution is 2.32. The van der Waals surface area contributed by atoms with Crippen molar-refractivity contribution in [2.75, 3.05) is 20.8 Å². The first kappa shape index (κ1) is 26.6. The Labute approximate surface area is 232 Å². The van der Waals surface area contributed by atoms with Gasteiger partial charge >= 0.3 is 5.97 Å². The normalized spacial score (nSPS) is 10.8. The zero-order chi connectivity index (χ0) is 28.2. The van der Waals surface area contributed by atoms with Crippen LogP contribution in [0.2, 0.25) is 0 Å². The Kier molecular flexibility index (Phi) is 7.55. The van der Waals surface area contributed by atoms with E-state index in [2.05, 4.69) is 0 Å². The monoisotopic (exact) mass is 532 g/mol. The first-order valence-corrected chi connectivity index (χ1v) is 12.7. The molecule has 4 aromatic carbocycles. The molecule has 0 saturated heterocycles. The largest absolute Gasteiger partial charge is 0.493 e. The summed E-state index contributed by atoms with van der Waals surface area (Å²) in [5.41, 5.74) is 7.45. The molecule has 0 saturated carbocycles. The molecule has 1 aromatic heterocycles. The fourth-order valence-corrected chi connectivity index (χ4v) is 4.31. The molecule has 0 atom stereocenters. The predicted octanol–water partition coefficient (Wildman–Crippen LogP) is 6.64. The average molecular weight is 533 g/mol. The lowest BCUT2D eigenvalue weighted by molar-refractivity contribution is 0.0475. The molecule has 200 valence electrons. The molecule has 40 heavy (non-hydrogen) atoms. The number of hydrogen-bond donors (Lipinski definition) is 0. The summed E-state index contributed by atoms with van der Waals surface area (Å²) in [6, 6.07) is 26.0. The molecule has 0 radical (unpaired) electrons. The summed E-state index contributed by atoms with van der Waals surface area (Å²) in [6.07, 6.45) is 0. The van der Waals surface area contributed by atoms with Crippen LogP contribution in [0.15, 0.2) is 84.9 Å². The third-order valence-electron chi connectivity index (χ3n) is 6.59. The minimum Gasteiger partial charge on any atom is -0.493 e. The number of methoxy groups -OCH3 is 2. The Bertz CT molecular complexity index is 1710. The molecule has 7 heteroatoms. The Hall–Kier alpha value is -5.04. The molecule has 0 aliphatic carbocycles. The van der Waals surface area contributed by atoms with E-state index in [1.807, 2.05) is 62.4 Å². The Balaban J connectivity index is 1.44. The highest BCUT2D eigenvalue weighted by Gasteiger charge is 2.17. The summed E-state index contributed by atoms with van der Waals surface area (Å²) < 4.78 is 15.8. The molecule has 7 nitrogen and oxygen atoms in total. The van der Waals surface area contributed by atoms with E-state index in [1.165, 1.54) is 14.2 Å². The maximum absolute atomic E-state index is 12.9. The molecule has 0 fully saturated rings. The van der Waals surface area contributed by atoms with Crippen molar-refractivity contribution in [3.8, 4) is 34.0 Å². The summed E-state index contributed by atoms with van der Waals surface area (Å²) in [5, 5.41) is 0. The molecule has 0 amide bonds. The zero-order valence-corrected chi connectivity index (χ0v) is 22.7. The Morgan fingerprint density at radius 1 is 0.625 bits per heavy atom. The summed E-state index contributed by atoms with van der Waals surface area (Å²) in [6.45, 7) is 3.66. The van der Waals surface area contributed by atoms with E-state index in [4.69, 9.17) is 24.2 Å². The highest BCUT2D eigenvalue weighted by atomic mass is 16.5. The Morgan fingerprint density at radius 2 is 1.18 bits per heavy atom. The quantitative estimate of drug-likeness (QED) is 0.164. The van der Waals surface area contributed by atoms with Gasteiger partial charge < -0.3 is 14.2 Å². The molecule has 1 heterocycles. The number of benzene rings is 4. The first-order chi connectivity index (χ1) is 19.4. The predicted molar refractivity (Wildman–Crippen MR) is 154 cm³/mol. The Morgan fingerprint density at radius 3 is 1.75 bits per heavy atom. The van der Waals surface area contributed by atoms with Gasteiger partial charge in [-0.25, -0.2) is 14.8 Å². The number of ether oxygens (including phenoxy) is 3. The average Bonchev–Trinajstić information content (AvgIpc) is 2.99. The zero-order valence-electron chi connectivity index (χ0n) is 22.7. The first-order valence-electron chi connectivity index (χ1n) is 12.7. The van der Waals surface area contributed by atoms with Crippen LogP contribution in [0.1, 0.15) is 31.8 Å². The summed E-state index contributed by atoms with van der Waals surface area (Å²) in [4.78, 5) is 35.4. The van der Waals surface area contributed by atoms with E-state index in [-0.39, 0.29) is 11.3 Å². The van der Waals surface area contributed by atoms with Gasteiger partial charge in [-0.15, -0.1) is 0 Å². The number of rotatable bonds is 8. The van der Waals surface area contributed by atoms with Crippen LogP contribution < -0.4 is 9.47 Å². The van der Waals surface area contributed by atoms with E-state index in [0.29, 0.717) is 33.8 Å². The number of esters is 1. The van der Waals surface area contributed by atoms with Gasteiger partial charge in [-0.05, 0) is 50.2 Å². The summed E-state index contributed by atoms with van der Waals surface area (Å²) in [5.74, 6) is -0.0673. The van der Waals surface area contributed by atoms with Crippen molar-refractivity contribution in [1.82, 2.24) is 9.97 Å². The van der Waals surface area contributed by atoms with E-state index in [1.54, 1.807) is 36.4 Å². The van der Waals surface area contributed by atoms with Crippen molar-refractivity contribution >= 4 is 22.8 Å². The number of aromatic nitrogens is 2. The number of hydrogen-bond acceptors (Lipinski definition) is 7. The van der Waals surface area contributed by atoms with Gasteiger partial charge in [-0.1, -0.05) is 59.7 Å². The molecular weight excluding hydrogens is 504 g/mol. The van der Waals surface area contributed by atoms with Crippen LogP contribution in [0.4, 0.5) is 0 Å². The van der Waals surface area contributed by atoms with E-state index in [0.717, 1.165) is 27.9 Å². The number of Topliss-reactive ketones (excluding diaryl/α,β-unsaturated/α-hetero) is 1. The van der Waals surface area contributed by atoms with E-state index in [9.17, 15) is 9.59 Å². The lowest BCUT2D eigenvalue weighted by Gasteiger charge is -2.12. The standard InChI is InChI=1S/C33H28N2O5/c1-20-5-9-22(10-6-20)31-32(23-11-7-21(2)8-12-23)35-27-17-25(13-15-26(27)34-31)33(37)40-19-28(36)24-14-16-29(38-3)30(18-24)39-4/h5-18H,19H2,1-4H3. The fourth-order valence-electron chi connectivity index (χ4n) is 4.31. The molecule has 0 aliphatic rings. The minimum atomic E-state index is -0.628. The van der Waals surface area contributed by atoms with Crippen molar-refractivity contribution in [2.24, 2.45) is 0 Å². The van der Waals surface area contributed by atoms with Gasteiger partial charge in [0.25, 0.3) is 0 Å². The molecule has 0 bridgehead atoms. The van der Waals surface area contributed by atoms with Gasteiger partial charge in [-0.2, -0.15) is 0 Å². The number of fused-ring (bicyclic) bond motifs is 1. The van der Waals surface area contributed by atoms with Crippen molar-refractivity contribution in [3.63, 3.8) is 0 Å². The second-order valence-electron chi connectivity index (χ2n) is 9.43. The number of nitrogens with zero attached hydrogens (tertiary/aromatic N) is 2. The molecule has 0 N–H and O–H groups in total. The van der Waals surface area contributed by atoms with Crippen LogP contribution in [0, 0.1) is 13.8 Å². The van der Waals surface area contributed by atoms with Gasteiger partial charge in [-0.3, -0.25) is 4.79 Å². The van der Waals surface area contributed by atoms with Crippen molar-refractivity contribution < 1.29 is 23.8 Å². The van der Waals surface area contributed by atoms with Crippen LogP contribution >= 0.6 is 0 Å². The maximum atomic E-state index is 12.9. The third kappa shape index (κ3) is 5.54. The van der Waals surface area contributed by atoms with Crippen LogP contribution in [-0.4, -0.2) is 42.5 Å². The van der Waals surface area contributed by atoms with Crippen molar-refractivity contribution in [1.29, 1.82) is 0 Å². The second-order valence-corrected chi connectivity index (χ2v) is 9.43. The van der Waals surface area contributed by atoms with Gasteiger partial charge in [0.15, 0.2) is 23.9 Å². The SMILES string of the molecule is COc1ccc(C(=O)COC(=O)c2ccc3nc(-c4ccc(C)cc4)c(-c4ccc(C)cc4)nc3c2)cc1OC.